The van der Waals surface area contributed by atoms with E-state index in [9.17, 15) is 9.59 Å². The molecule has 0 aliphatic rings. The van der Waals surface area contributed by atoms with Crippen LogP contribution in [0, 0.1) is 0 Å². The van der Waals surface area contributed by atoms with E-state index in [1.165, 1.54) is 6.92 Å². The average molecular weight is 270 g/mol. The van der Waals surface area contributed by atoms with Crippen molar-refractivity contribution in [2.24, 2.45) is 0 Å². The lowest BCUT2D eigenvalue weighted by Crippen LogP contribution is -2.46. The van der Waals surface area contributed by atoms with Gasteiger partial charge in [-0.2, -0.15) is 0 Å². The maximum absolute atomic E-state index is 9.90. The molecule has 0 amide bonds. The van der Waals surface area contributed by atoms with E-state index in [1.54, 1.807) is 0 Å². The summed E-state index contributed by atoms with van der Waals surface area (Å²) in [6.07, 6.45) is -8.07. The highest BCUT2D eigenvalue weighted by molar-refractivity contribution is 5.71. The van der Waals surface area contributed by atoms with Crippen molar-refractivity contribution in [2.75, 3.05) is 6.61 Å². The Balaban J connectivity index is 0. The lowest BCUT2D eigenvalue weighted by molar-refractivity contribution is -0.145. The molecule has 18 heavy (non-hydrogen) atoms. The Labute approximate surface area is 103 Å². The molecule has 0 rings (SSSR count). The van der Waals surface area contributed by atoms with Crippen LogP contribution in [0.1, 0.15) is 6.92 Å². The number of carbonyl (C=O) groups is 2. The van der Waals surface area contributed by atoms with Gasteiger partial charge >= 0.3 is 5.97 Å². The number of aliphatic hydroxyl groups excluding tert-OH is 6. The van der Waals surface area contributed by atoms with E-state index in [0.29, 0.717) is 0 Å². The monoisotopic (exact) mass is 270 g/mol. The van der Waals surface area contributed by atoms with Gasteiger partial charge in [0.15, 0.2) is 6.29 Å². The molecule has 108 valence electrons. The molecule has 0 bridgehead atoms. The molecule has 0 aliphatic heterocycles. The molecule has 0 aromatic rings. The van der Waals surface area contributed by atoms with Crippen molar-refractivity contribution < 1.29 is 45.3 Å². The highest BCUT2D eigenvalue weighted by Gasteiger charge is 2.29. The van der Waals surface area contributed by atoms with Gasteiger partial charge in [-0.15, -0.1) is 0 Å². The third-order valence-corrected chi connectivity index (χ3v) is 1.78. The molecule has 0 saturated carbocycles. The van der Waals surface area contributed by atoms with Gasteiger partial charge in [-0.25, -0.2) is 4.79 Å². The Kier molecular flexibility index (Phi) is 10.6. The van der Waals surface area contributed by atoms with Gasteiger partial charge in [0.25, 0.3) is 0 Å². The van der Waals surface area contributed by atoms with Crippen LogP contribution in [-0.4, -0.2) is 85.1 Å². The van der Waals surface area contributed by atoms with Crippen LogP contribution in [0.25, 0.3) is 0 Å². The number of rotatable bonds is 6. The summed E-state index contributed by atoms with van der Waals surface area (Å²) in [6.45, 7) is 0.437. The summed E-state index contributed by atoms with van der Waals surface area (Å²) in [5.74, 6) is -1.19. The number of aliphatic carboxylic acids is 1. The van der Waals surface area contributed by atoms with Crippen LogP contribution >= 0.6 is 0 Å². The minimum Gasteiger partial charge on any atom is -0.479 e. The second kappa shape index (κ2) is 9.88. The van der Waals surface area contributed by atoms with Crippen LogP contribution < -0.4 is 0 Å². The summed E-state index contributed by atoms with van der Waals surface area (Å²) in [4.78, 5) is 19.3. The first-order chi connectivity index (χ1) is 8.18. The molecule has 9 nitrogen and oxygen atoms in total. The van der Waals surface area contributed by atoms with Gasteiger partial charge in [0.2, 0.25) is 0 Å². The minimum atomic E-state index is -1.79. The van der Waals surface area contributed by atoms with Crippen molar-refractivity contribution in [1.29, 1.82) is 0 Å². The van der Waals surface area contributed by atoms with Crippen molar-refractivity contribution in [3.05, 3.63) is 0 Å². The molecule has 0 aliphatic carbocycles. The number of carboxylic acid groups (broad SMARTS) is 1. The minimum absolute atomic E-state index is 0.0258. The number of carbonyl (C=O) groups excluding carboxylic acids is 1. The van der Waals surface area contributed by atoms with Crippen LogP contribution in [0.15, 0.2) is 0 Å². The van der Waals surface area contributed by atoms with Crippen molar-refractivity contribution in [1.82, 2.24) is 0 Å². The molecule has 7 N–H and O–H groups in total. The summed E-state index contributed by atoms with van der Waals surface area (Å²) in [7, 11) is 0. The van der Waals surface area contributed by atoms with Crippen molar-refractivity contribution in [2.45, 2.75) is 37.4 Å². The Hall–Kier alpha value is -1.10. The van der Waals surface area contributed by atoms with E-state index in [1.807, 2.05) is 0 Å². The summed E-state index contributed by atoms with van der Waals surface area (Å²) in [6, 6.07) is 0. The summed E-state index contributed by atoms with van der Waals surface area (Å²) >= 11 is 0. The summed E-state index contributed by atoms with van der Waals surface area (Å²) < 4.78 is 0. The molecule has 0 fully saturated rings. The van der Waals surface area contributed by atoms with Crippen LogP contribution in [-0.2, 0) is 9.59 Å². The van der Waals surface area contributed by atoms with E-state index < -0.39 is 43.1 Å². The topological polar surface area (TPSA) is 176 Å². The fourth-order valence-electron chi connectivity index (χ4n) is 0.618. The quantitative estimate of drug-likeness (QED) is 0.237. The van der Waals surface area contributed by atoms with Gasteiger partial charge in [-0.1, -0.05) is 0 Å². The van der Waals surface area contributed by atoms with Crippen LogP contribution in [0.4, 0.5) is 0 Å². The second-order valence-electron chi connectivity index (χ2n) is 3.37. The van der Waals surface area contributed by atoms with E-state index in [-0.39, 0.29) is 6.29 Å². The summed E-state index contributed by atoms with van der Waals surface area (Å²) in [5, 5.41) is 59.3. The zero-order chi connectivity index (χ0) is 14.9. The molecule has 0 unspecified atom stereocenters. The molecular weight excluding hydrogens is 252 g/mol. The fourth-order valence-corrected chi connectivity index (χ4v) is 0.618. The molecule has 0 heterocycles. The van der Waals surface area contributed by atoms with Crippen LogP contribution in [0.3, 0.4) is 0 Å². The average Bonchev–Trinajstić information content (AvgIpc) is 2.35. The SMILES string of the molecule is C[C@H](O)C(=O)O.O=C[C@H](O)[C@@H](O)[C@H](O)[C@H](O)CO. The number of hydrogen-bond acceptors (Lipinski definition) is 8. The number of carboxylic acids is 1. The van der Waals surface area contributed by atoms with E-state index in [4.69, 9.17) is 35.7 Å². The zero-order valence-corrected chi connectivity index (χ0v) is 9.62. The van der Waals surface area contributed by atoms with Crippen molar-refractivity contribution in [3.63, 3.8) is 0 Å². The molecule has 5 atom stereocenters. The van der Waals surface area contributed by atoms with Gasteiger partial charge in [0, 0.05) is 0 Å². The molecule has 0 aromatic heterocycles. The van der Waals surface area contributed by atoms with Gasteiger partial charge in [0.1, 0.15) is 30.5 Å². The van der Waals surface area contributed by atoms with Gasteiger partial charge in [0.05, 0.1) is 6.61 Å². The first kappa shape index (κ1) is 19.2. The lowest BCUT2D eigenvalue weighted by Gasteiger charge is -2.22. The Morgan fingerprint density at radius 2 is 1.50 bits per heavy atom. The van der Waals surface area contributed by atoms with E-state index in [2.05, 4.69) is 0 Å². The predicted octanol–water partition coefficient (Wildman–Crippen LogP) is -3.93. The van der Waals surface area contributed by atoms with Gasteiger partial charge in [-0.05, 0) is 6.92 Å². The third kappa shape index (κ3) is 8.06. The van der Waals surface area contributed by atoms with Crippen LogP contribution in [0.5, 0.6) is 0 Å². The number of aliphatic hydroxyl groups is 6. The zero-order valence-electron chi connectivity index (χ0n) is 9.62. The third-order valence-electron chi connectivity index (χ3n) is 1.78. The Bertz CT molecular complexity index is 242. The maximum Gasteiger partial charge on any atom is 0.332 e. The first-order valence-corrected chi connectivity index (χ1v) is 4.88. The molecule has 0 aromatic carbocycles. The van der Waals surface area contributed by atoms with Crippen LogP contribution in [0.2, 0.25) is 0 Å². The maximum atomic E-state index is 9.90. The van der Waals surface area contributed by atoms with Crippen molar-refractivity contribution >= 4 is 12.3 Å². The molecular formula is C9H18O9. The largest absolute Gasteiger partial charge is 0.479 e. The smallest absolute Gasteiger partial charge is 0.332 e. The molecule has 0 radical (unpaired) electrons. The highest BCUT2D eigenvalue weighted by atomic mass is 16.4. The van der Waals surface area contributed by atoms with E-state index >= 15 is 0 Å². The molecule has 9 heteroatoms. The standard InChI is InChI=1S/C6H12O6.C3H6O3/c7-1-3(9)5(11)6(12)4(10)2-8;1-2(4)3(5)6/h1,3-6,8-12H,2H2;2,4H,1H3,(H,5,6)/t3-,4+,5+,6+;2-/m00/s1. The van der Waals surface area contributed by atoms with Gasteiger partial charge < -0.3 is 40.5 Å². The first-order valence-electron chi connectivity index (χ1n) is 4.88. The van der Waals surface area contributed by atoms with E-state index in [0.717, 1.165) is 0 Å². The van der Waals surface area contributed by atoms with Gasteiger partial charge in [-0.3, -0.25) is 0 Å². The van der Waals surface area contributed by atoms with Crippen molar-refractivity contribution in [3.8, 4) is 0 Å². The molecule has 0 spiro atoms. The second-order valence-corrected chi connectivity index (χ2v) is 3.37. The normalized spacial score (nSPS) is 18.6. The Morgan fingerprint density at radius 3 is 1.72 bits per heavy atom. The number of hydrogen-bond donors (Lipinski definition) is 7. The molecule has 0 saturated heterocycles. The fraction of sp³-hybridized carbons (Fsp3) is 0.778. The predicted molar refractivity (Wildman–Crippen MR) is 56.5 cm³/mol. The lowest BCUT2D eigenvalue weighted by atomic mass is 10.0. The summed E-state index contributed by atoms with van der Waals surface area (Å²) in [5.41, 5.74) is 0. The highest BCUT2D eigenvalue weighted by Crippen LogP contribution is 2.02. The number of aldehydes is 1. The Morgan fingerprint density at radius 1 is 1.11 bits per heavy atom.